The van der Waals surface area contributed by atoms with Crippen molar-refractivity contribution in [3.05, 3.63) is 0 Å². The molecule has 2 N–H and O–H groups in total. The summed E-state index contributed by atoms with van der Waals surface area (Å²) in [6.45, 7) is 5.20. The Hall–Kier alpha value is -1.43. The van der Waals surface area contributed by atoms with Crippen molar-refractivity contribution >= 4 is 17.7 Å². The summed E-state index contributed by atoms with van der Waals surface area (Å²) in [6.07, 6.45) is 4.26. The number of amides is 3. The van der Waals surface area contributed by atoms with Crippen LogP contribution >= 0.6 is 0 Å². The molecule has 1 unspecified atom stereocenters. The zero-order valence-electron chi connectivity index (χ0n) is 13.4. The minimum atomic E-state index is -0.681. The highest BCUT2D eigenvalue weighted by molar-refractivity contribution is 6.07. The van der Waals surface area contributed by atoms with Crippen LogP contribution in [0.4, 0.5) is 0 Å². The molecule has 0 aromatic rings. The molecule has 0 bridgehead atoms. The van der Waals surface area contributed by atoms with Crippen molar-refractivity contribution in [2.45, 2.75) is 58.0 Å². The van der Waals surface area contributed by atoms with Gasteiger partial charge >= 0.3 is 0 Å². The summed E-state index contributed by atoms with van der Waals surface area (Å²) >= 11 is 0. The van der Waals surface area contributed by atoms with Gasteiger partial charge in [0.05, 0.1) is 11.8 Å². The van der Waals surface area contributed by atoms with Gasteiger partial charge in [0.2, 0.25) is 11.8 Å². The van der Waals surface area contributed by atoms with Gasteiger partial charge in [0, 0.05) is 12.6 Å². The predicted octanol–water partition coefficient (Wildman–Crippen LogP) is 0.418. The molecule has 6 nitrogen and oxygen atoms in total. The van der Waals surface area contributed by atoms with E-state index in [0.29, 0.717) is 12.5 Å². The van der Waals surface area contributed by atoms with E-state index in [4.69, 9.17) is 0 Å². The SMILES string of the molecule is CC(C)N1C(=O)CC(NC(=O)[C@@]23CCCC[C@H]2CNC3)C1=O. The van der Waals surface area contributed by atoms with E-state index >= 15 is 0 Å². The molecule has 1 aliphatic carbocycles. The Morgan fingerprint density at radius 1 is 1.36 bits per heavy atom. The number of carbonyl (C=O) groups is 3. The maximum atomic E-state index is 12.9. The molecule has 0 aromatic carbocycles. The van der Waals surface area contributed by atoms with E-state index in [1.165, 1.54) is 11.3 Å². The van der Waals surface area contributed by atoms with Gasteiger partial charge in [0.15, 0.2) is 0 Å². The van der Waals surface area contributed by atoms with Gasteiger partial charge in [-0.05, 0) is 39.2 Å². The molecule has 6 heteroatoms. The summed E-state index contributed by atoms with van der Waals surface area (Å²) in [6, 6.07) is -0.837. The first-order chi connectivity index (χ1) is 10.5. The third kappa shape index (κ3) is 2.33. The highest BCUT2D eigenvalue weighted by Gasteiger charge is 2.51. The first-order valence-corrected chi connectivity index (χ1v) is 8.33. The molecule has 3 rings (SSSR count). The molecule has 3 aliphatic rings. The van der Waals surface area contributed by atoms with Gasteiger partial charge in [-0.25, -0.2) is 0 Å². The smallest absolute Gasteiger partial charge is 0.252 e. The van der Waals surface area contributed by atoms with E-state index in [1.807, 2.05) is 13.8 Å². The fourth-order valence-corrected chi connectivity index (χ4v) is 4.30. The lowest BCUT2D eigenvalue weighted by molar-refractivity contribution is -0.143. The average molecular weight is 307 g/mol. The number of hydrogen-bond donors (Lipinski definition) is 2. The summed E-state index contributed by atoms with van der Waals surface area (Å²) in [5, 5.41) is 6.22. The van der Waals surface area contributed by atoms with Crippen LogP contribution in [0.2, 0.25) is 0 Å². The lowest BCUT2D eigenvalue weighted by Gasteiger charge is -2.37. The van der Waals surface area contributed by atoms with Gasteiger partial charge in [-0.1, -0.05) is 12.8 Å². The Kier molecular flexibility index (Phi) is 3.97. The first-order valence-electron chi connectivity index (χ1n) is 8.33. The third-order valence-corrected chi connectivity index (χ3v) is 5.50. The Bertz CT molecular complexity index is 505. The normalized spacial score (nSPS) is 35.1. The van der Waals surface area contributed by atoms with Crippen LogP contribution in [0, 0.1) is 11.3 Å². The van der Waals surface area contributed by atoms with Crippen LogP contribution < -0.4 is 10.6 Å². The van der Waals surface area contributed by atoms with E-state index in [9.17, 15) is 14.4 Å². The van der Waals surface area contributed by atoms with Crippen LogP contribution in [0.15, 0.2) is 0 Å². The van der Waals surface area contributed by atoms with Crippen LogP contribution in [0.3, 0.4) is 0 Å². The van der Waals surface area contributed by atoms with Crippen molar-refractivity contribution in [3.63, 3.8) is 0 Å². The molecule has 2 saturated heterocycles. The highest BCUT2D eigenvalue weighted by atomic mass is 16.2. The van der Waals surface area contributed by atoms with Gasteiger partial charge in [-0.3, -0.25) is 19.3 Å². The number of nitrogens with one attached hydrogen (secondary N) is 2. The fraction of sp³-hybridized carbons (Fsp3) is 0.812. The molecule has 122 valence electrons. The second-order valence-corrected chi connectivity index (χ2v) is 7.16. The molecule has 3 amide bonds. The molecule has 3 atom stereocenters. The summed E-state index contributed by atoms with van der Waals surface area (Å²) in [7, 11) is 0. The zero-order chi connectivity index (χ0) is 15.9. The van der Waals surface area contributed by atoms with Crippen molar-refractivity contribution in [3.8, 4) is 0 Å². The lowest BCUT2D eigenvalue weighted by Crippen LogP contribution is -2.52. The Labute approximate surface area is 131 Å². The Morgan fingerprint density at radius 2 is 2.14 bits per heavy atom. The molecule has 3 fully saturated rings. The maximum Gasteiger partial charge on any atom is 0.252 e. The quantitative estimate of drug-likeness (QED) is 0.741. The summed E-state index contributed by atoms with van der Waals surface area (Å²) in [5.74, 6) is -0.135. The maximum absolute atomic E-state index is 12.9. The molecular weight excluding hydrogens is 282 g/mol. The van der Waals surface area contributed by atoms with E-state index < -0.39 is 6.04 Å². The molecule has 2 heterocycles. The molecular formula is C16H25N3O3. The first kappa shape index (κ1) is 15.5. The van der Waals surface area contributed by atoms with Gasteiger partial charge in [0.1, 0.15) is 6.04 Å². The van der Waals surface area contributed by atoms with Crippen LogP contribution in [0.25, 0.3) is 0 Å². The van der Waals surface area contributed by atoms with Gasteiger partial charge in [-0.15, -0.1) is 0 Å². The third-order valence-electron chi connectivity index (χ3n) is 5.50. The largest absolute Gasteiger partial charge is 0.343 e. The number of likely N-dealkylation sites (tertiary alicyclic amines) is 1. The average Bonchev–Trinajstić information content (AvgIpc) is 3.01. The molecule has 1 saturated carbocycles. The second kappa shape index (κ2) is 5.65. The van der Waals surface area contributed by atoms with Gasteiger partial charge < -0.3 is 10.6 Å². The highest BCUT2D eigenvalue weighted by Crippen LogP contribution is 2.44. The second-order valence-electron chi connectivity index (χ2n) is 7.16. The van der Waals surface area contributed by atoms with E-state index in [0.717, 1.165) is 25.8 Å². The number of nitrogens with zero attached hydrogens (tertiary/aromatic N) is 1. The van der Waals surface area contributed by atoms with E-state index in [2.05, 4.69) is 10.6 Å². The Balaban J connectivity index is 1.72. The number of imide groups is 1. The fourth-order valence-electron chi connectivity index (χ4n) is 4.30. The van der Waals surface area contributed by atoms with Crippen LogP contribution in [-0.2, 0) is 14.4 Å². The lowest BCUT2D eigenvalue weighted by atomic mass is 9.67. The predicted molar refractivity (Wildman–Crippen MR) is 80.8 cm³/mol. The van der Waals surface area contributed by atoms with Crippen molar-refractivity contribution in [1.29, 1.82) is 0 Å². The number of rotatable bonds is 3. The summed E-state index contributed by atoms with van der Waals surface area (Å²) in [4.78, 5) is 38.4. The van der Waals surface area contributed by atoms with Gasteiger partial charge in [-0.2, -0.15) is 0 Å². The minimum absolute atomic E-state index is 0.0426. The standard InChI is InChI=1S/C16H25N3O3/c1-10(2)19-13(20)7-12(14(19)21)18-15(22)16-6-4-3-5-11(16)8-17-9-16/h10-12,17H,3-9H2,1-2H3,(H,18,22)/t11-,12?,16+/m0/s1. The van der Waals surface area contributed by atoms with Crippen LogP contribution in [0.5, 0.6) is 0 Å². The molecule has 0 aromatic heterocycles. The van der Waals surface area contributed by atoms with Crippen molar-refractivity contribution in [2.24, 2.45) is 11.3 Å². The van der Waals surface area contributed by atoms with E-state index in [-0.39, 0.29) is 35.6 Å². The number of hydrogen-bond acceptors (Lipinski definition) is 4. The summed E-state index contributed by atoms with van der Waals surface area (Å²) in [5.41, 5.74) is -0.382. The van der Waals surface area contributed by atoms with Crippen molar-refractivity contribution < 1.29 is 14.4 Å². The number of carbonyl (C=O) groups excluding carboxylic acids is 3. The van der Waals surface area contributed by atoms with Crippen molar-refractivity contribution in [2.75, 3.05) is 13.1 Å². The number of fused-ring (bicyclic) bond motifs is 1. The van der Waals surface area contributed by atoms with Crippen molar-refractivity contribution in [1.82, 2.24) is 15.5 Å². The van der Waals surface area contributed by atoms with Crippen LogP contribution in [-0.4, -0.2) is 47.8 Å². The monoisotopic (exact) mass is 307 g/mol. The van der Waals surface area contributed by atoms with Crippen LogP contribution in [0.1, 0.15) is 46.0 Å². The minimum Gasteiger partial charge on any atom is -0.343 e. The Morgan fingerprint density at radius 3 is 2.82 bits per heavy atom. The molecule has 0 spiro atoms. The topological polar surface area (TPSA) is 78.5 Å². The summed E-state index contributed by atoms with van der Waals surface area (Å²) < 4.78 is 0. The van der Waals surface area contributed by atoms with Gasteiger partial charge in [0.25, 0.3) is 5.91 Å². The molecule has 2 aliphatic heterocycles. The molecule has 0 radical (unpaired) electrons. The van der Waals surface area contributed by atoms with E-state index in [1.54, 1.807) is 0 Å². The zero-order valence-corrected chi connectivity index (χ0v) is 13.4. The molecule has 22 heavy (non-hydrogen) atoms.